The predicted molar refractivity (Wildman–Crippen MR) is 74.1 cm³/mol. The van der Waals surface area contributed by atoms with E-state index >= 15 is 0 Å². The van der Waals surface area contributed by atoms with Gasteiger partial charge in [0, 0.05) is 31.4 Å². The zero-order valence-electron chi connectivity index (χ0n) is 11.0. The van der Waals surface area contributed by atoms with Gasteiger partial charge in [-0.2, -0.15) is 0 Å². The Morgan fingerprint density at radius 2 is 1.90 bits per heavy atom. The smallest absolute Gasteiger partial charge is 0.269 e. The molecule has 1 amide bonds. The van der Waals surface area contributed by atoms with Gasteiger partial charge < -0.3 is 5.32 Å². The number of hydrogen-bond acceptors (Lipinski definition) is 5. The third-order valence-corrected chi connectivity index (χ3v) is 3.53. The number of hydrogen-bond donors (Lipinski definition) is 1. The summed E-state index contributed by atoms with van der Waals surface area (Å²) in [5.74, 6) is -0.492. The van der Waals surface area contributed by atoms with Crippen LogP contribution in [0, 0.1) is 10.1 Å². The molecule has 0 aliphatic rings. The molecule has 1 aromatic carbocycles. The number of amides is 1. The molecule has 0 aromatic heterocycles. The van der Waals surface area contributed by atoms with Crippen LogP contribution >= 0.6 is 0 Å². The molecule has 1 rings (SSSR count). The Bertz CT molecular complexity index is 580. The molecule has 1 aromatic rings. The van der Waals surface area contributed by atoms with Crippen molar-refractivity contribution in [3.8, 4) is 0 Å². The second-order valence-corrected chi connectivity index (χ2v) is 6.66. The summed E-state index contributed by atoms with van der Waals surface area (Å²) in [5, 5.41) is 13.1. The van der Waals surface area contributed by atoms with Crippen molar-refractivity contribution >= 4 is 21.4 Å². The van der Waals surface area contributed by atoms with E-state index in [4.69, 9.17) is 0 Å². The molecular weight excluding hydrogens is 284 g/mol. The molecule has 8 heteroatoms. The Morgan fingerprint density at radius 1 is 1.30 bits per heavy atom. The Balaban J connectivity index is 2.33. The zero-order chi connectivity index (χ0) is 15.2. The molecule has 0 bridgehead atoms. The van der Waals surface area contributed by atoms with Gasteiger partial charge >= 0.3 is 0 Å². The minimum atomic E-state index is -3.13. The SMILES string of the molecule is CS(=O)(=O)CCC(=O)NCCc1ccc([N+](=O)[O-])cc1. The monoisotopic (exact) mass is 300 g/mol. The minimum absolute atomic E-state index is 0.0194. The van der Waals surface area contributed by atoms with Crippen LogP contribution in [0.3, 0.4) is 0 Å². The lowest BCUT2D eigenvalue weighted by atomic mass is 10.1. The minimum Gasteiger partial charge on any atom is -0.356 e. The second-order valence-electron chi connectivity index (χ2n) is 4.40. The summed E-state index contributed by atoms with van der Waals surface area (Å²) in [7, 11) is -3.13. The van der Waals surface area contributed by atoms with Crippen molar-refractivity contribution in [1.82, 2.24) is 5.32 Å². The predicted octanol–water partition coefficient (Wildman–Crippen LogP) is 0.688. The maximum Gasteiger partial charge on any atom is 0.269 e. The van der Waals surface area contributed by atoms with Crippen LogP contribution in [0.5, 0.6) is 0 Å². The lowest BCUT2D eigenvalue weighted by molar-refractivity contribution is -0.384. The third kappa shape index (κ3) is 6.28. The molecule has 0 spiro atoms. The summed E-state index contributed by atoms with van der Waals surface area (Å²) in [4.78, 5) is 21.4. The normalized spacial score (nSPS) is 11.1. The number of carbonyl (C=O) groups excluding carboxylic acids is 1. The van der Waals surface area contributed by atoms with Crippen molar-refractivity contribution in [2.24, 2.45) is 0 Å². The highest BCUT2D eigenvalue weighted by atomic mass is 32.2. The first-order chi connectivity index (χ1) is 9.28. The van der Waals surface area contributed by atoms with E-state index < -0.39 is 14.8 Å². The Labute approximate surface area is 117 Å². The fraction of sp³-hybridized carbons (Fsp3) is 0.417. The number of rotatable bonds is 7. The summed E-state index contributed by atoms with van der Waals surface area (Å²) in [5.41, 5.74) is 0.880. The second kappa shape index (κ2) is 6.99. The molecule has 7 nitrogen and oxygen atoms in total. The average Bonchev–Trinajstić information content (AvgIpc) is 2.36. The number of benzene rings is 1. The molecule has 0 radical (unpaired) electrons. The maximum absolute atomic E-state index is 11.4. The molecule has 20 heavy (non-hydrogen) atoms. The van der Waals surface area contributed by atoms with Crippen LogP contribution in [-0.2, 0) is 21.1 Å². The van der Waals surface area contributed by atoms with Crippen LogP contribution in [0.1, 0.15) is 12.0 Å². The van der Waals surface area contributed by atoms with Gasteiger partial charge in [0.05, 0.1) is 10.7 Å². The Morgan fingerprint density at radius 3 is 2.40 bits per heavy atom. The number of nitro groups is 1. The van der Waals surface area contributed by atoms with E-state index in [2.05, 4.69) is 5.32 Å². The van der Waals surface area contributed by atoms with E-state index in [0.29, 0.717) is 13.0 Å². The topological polar surface area (TPSA) is 106 Å². The van der Waals surface area contributed by atoms with Crippen LogP contribution in [-0.4, -0.2) is 37.8 Å². The van der Waals surface area contributed by atoms with Gasteiger partial charge in [0.15, 0.2) is 0 Å². The first kappa shape index (κ1) is 16.1. The lowest BCUT2D eigenvalue weighted by Crippen LogP contribution is -2.27. The van der Waals surface area contributed by atoms with Crippen molar-refractivity contribution in [2.75, 3.05) is 18.6 Å². The standard InChI is InChI=1S/C12H16N2O5S/c1-20(18,19)9-7-12(15)13-8-6-10-2-4-11(5-3-10)14(16)17/h2-5H,6-9H2,1H3,(H,13,15). The van der Waals surface area contributed by atoms with Gasteiger partial charge in [-0.1, -0.05) is 12.1 Å². The molecule has 0 saturated heterocycles. The number of nitrogens with one attached hydrogen (secondary N) is 1. The molecule has 0 heterocycles. The summed E-state index contributed by atoms with van der Waals surface area (Å²) in [6.07, 6.45) is 1.55. The number of nitrogens with zero attached hydrogens (tertiary/aromatic N) is 1. The average molecular weight is 300 g/mol. The van der Waals surface area contributed by atoms with Crippen LogP contribution in [0.2, 0.25) is 0 Å². The highest BCUT2D eigenvalue weighted by Gasteiger charge is 2.08. The molecule has 1 N–H and O–H groups in total. The van der Waals surface area contributed by atoms with Crippen molar-refractivity contribution in [3.05, 3.63) is 39.9 Å². The molecule has 0 unspecified atom stereocenters. The van der Waals surface area contributed by atoms with E-state index in [0.717, 1.165) is 11.8 Å². The van der Waals surface area contributed by atoms with Gasteiger partial charge in [0.25, 0.3) is 5.69 Å². The first-order valence-electron chi connectivity index (χ1n) is 5.96. The molecule has 0 aliphatic heterocycles. The van der Waals surface area contributed by atoms with Crippen molar-refractivity contribution in [2.45, 2.75) is 12.8 Å². The van der Waals surface area contributed by atoms with Gasteiger partial charge in [0.1, 0.15) is 9.84 Å². The maximum atomic E-state index is 11.4. The first-order valence-corrected chi connectivity index (χ1v) is 8.02. The molecular formula is C12H16N2O5S. The summed E-state index contributed by atoms with van der Waals surface area (Å²) in [6, 6.07) is 6.06. The molecule has 110 valence electrons. The fourth-order valence-electron chi connectivity index (χ4n) is 1.50. The number of carbonyl (C=O) groups is 1. The summed E-state index contributed by atoms with van der Waals surface area (Å²) in [6.45, 7) is 0.362. The summed E-state index contributed by atoms with van der Waals surface area (Å²) < 4.78 is 21.8. The summed E-state index contributed by atoms with van der Waals surface area (Å²) >= 11 is 0. The van der Waals surface area contributed by atoms with Crippen molar-refractivity contribution < 1.29 is 18.1 Å². The molecule has 0 fully saturated rings. The molecule has 0 atom stereocenters. The molecule has 0 aliphatic carbocycles. The lowest BCUT2D eigenvalue weighted by Gasteiger charge is -2.05. The van der Waals surface area contributed by atoms with Gasteiger partial charge in [0.2, 0.25) is 5.91 Å². The highest BCUT2D eigenvalue weighted by molar-refractivity contribution is 7.90. The van der Waals surface area contributed by atoms with E-state index in [1.807, 2.05) is 0 Å². The van der Waals surface area contributed by atoms with Crippen LogP contribution in [0.15, 0.2) is 24.3 Å². The van der Waals surface area contributed by atoms with Crippen LogP contribution < -0.4 is 5.32 Å². The quantitative estimate of drug-likeness (QED) is 0.589. The highest BCUT2D eigenvalue weighted by Crippen LogP contribution is 2.11. The number of sulfone groups is 1. The van der Waals surface area contributed by atoms with Gasteiger partial charge in [-0.3, -0.25) is 14.9 Å². The number of non-ortho nitro benzene ring substituents is 1. The fourth-order valence-corrected chi connectivity index (χ4v) is 2.05. The number of nitro benzene ring substituents is 1. The third-order valence-electron chi connectivity index (χ3n) is 2.58. The van der Waals surface area contributed by atoms with E-state index in [9.17, 15) is 23.3 Å². The van der Waals surface area contributed by atoms with Crippen LogP contribution in [0.25, 0.3) is 0 Å². The molecule has 0 saturated carbocycles. The largest absolute Gasteiger partial charge is 0.356 e. The van der Waals surface area contributed by atoms with E-state index in [1.165, 1.54) is 12.1 Å². The van der Waals surface area contributed by atoms with Gasteiger partial charge in [-0.15, -0.1) is 0 Å². The Hall–Kier alpha value is -1.96. The van der Waals surface area contributed by atoms with Gasteiger partial charge in [-0.05, 0) is 12.0 Å². The van der Waals surface area contributed by atoms with Crippen molar-refractivity contribution in [3.63, 3.8) is 0 Å². The van der Waals surface area contributed by atoms with Crippen LogP contribution in [0.4, 0.5) is 5.69 Å². The van der Waals surface area contributed by atoms with Crippen molar-refractivity contribution in [1.29, 1.82) is 0 Å². The zero-order valence-corrected chi connectivity index (χ0v) is 11.9. The van der Waals surface area contributed by atoms with E-state index in [-0.39, 0.29) is 23.8 Å². The van der Waals surface area contributed by atoms with Gasteiger partial charge in [-0.25, -0.2) is 8.42 Å². The van der Waals surface area contributed by atoms with E-state index in [1.54, 1.807) is 12.1 Å². The Kier molecular flexibility index (Phi) is 5.63.